The Hall–Kier alpha value is -1.38. The molecular formula is C15H15ClFN. The van der Waals surface area contributed by atoms with E-state index in [4.69, 9.17) is 17.3 Å². The zero-order valence-corrected chi connectivity index (χ0v) is 10.9. The van der Waals surface area contributed by atoms with E-state index in [-0.39, 0.29) is 11.9 Å². The van der Waals surface area contributed by atoms with Crippen LogP contribution in [0.5, 0.6) is 0 Å². The molecule has 0 aliphatic carbocycles. The molecule has 2 rings (SSSR count). The largest absolute Gasteiger partial charge is 0.324 e. The summed E-state index contributed by atoms with van der Waals surface area (Å²) in [6, 6.07) is 12.4. The minimum Gasteiger partial charge on any atom is -0.324 e. The van der Waals surface area contributed by atoms with Gasteiger partial charge < -0.3 is 5.73 Å². The van der Waals surface area contributed by atoms with E-state index in [1.165, 1.54) is 6.07 Å². The van der Waals surface area contributed by atoms with Gasteiger partial charge >= 0.3 is 0 Å². The van der Waals surface area contributed by atoms with Crippen LogP contribution in [-0.4, -0.2) is 0 Å². The molecule has 1 atom stereocenters. The van der Waals surface area contributed by atoms with Crippen molar-refractivity contribution in [2.24, 2.45) is 5.73 Å². The van der Waals surface area contributed by atoms with Crippen LogP contribution < -0.4 is 5.73 Å². The SMILES string of the molecule is Cc1cc(C(N)Cc2ccccc2Cl)ccc1F. The molecule has 1 unspecified atom stereocenters. The normalized spacial score (nSPS) is 12.4. The average Bonchev–Trinajstić information content (AvgIpc) is 2.35. The average molecular weight is 264 g/mol. The monoisotopic (exact) mass is 263 g/mol. The molecule has 0 spiro atoms. The molecule has 18 heavy (non-hydrogen) atoms. The first-order chi connectivity index (χ1) is 8.58. The third-order valence-corrected chi connectivity index (χ3v) is 3.38. The van der Waals surface area contributed by atoms with Crippen molar-refractivity contribution < 1.29 is 4.39 Å². The van der Waals surface area contributed by atoms with Crippen LogP contribution in [0, 0.1) is 12.7 Å². The maximum absolute atomic E-state index is 13.2. The van der Waals surface area contributed by atoms with Gasteiger partial charge in [0.15, 0.2) is 0 Å². The summed E-state index contributed by atoms with van der Waals surface area (Å²) >= 11 is 6.10. The highest BCUT2D eigenvalue weighted by Gasteiger charge is 2.10. The molecule has 0 heterocycles. The van der Waals surface area contributed by atoms with Gasteiger partial charge in [0.1, 0.15) is 5.82 Å². The quantitative estimate of drug-likeness (QED) is 0.889. The van der Waals surface area contributed by atoms with Gasteiger partial charge in [0, 0.05) is 11.1 Å². The lowest BCUT2D eigenvalue weighted by atomic mass is 9.98. The predicted octanol–water partition coefficient (Wildman–Crippen LogP) is 4.03. The summed E-state index contributed by atoms with van der Waals surface area (Å²) in [4.78, 5) is 0. The van der Waals surface area contributed by atoms with E-state index in [1.807, 2.05) is 24.3 Å². The molecule has 94 valence electrons. The molecule has 0 bridgehead atoms. The maximum atomic E-state index is 13.2. The summed E-state index contributed by atoms with van der Waals surface area (Å²) in [7, 11) is 0. The van der Waals surface area contributed by atoms with Gasteiger partial charge in [-0.3, -0.25) is 0 Å². The highest BCUT2D eigenvalue weighted by molar-refractivity contribution is 6.31. The summed E-state index contributed by atoms with van der Waals surface area (Å²) in [6.07, 6.45) is 0.644. The number of halogens is 2. The highest BCUT2D eigenvalue weighted by atomic mass is 35.5. The Kier molecular flexibility index (Phi) is 4.00. The number of rotatable bonds is 3. The van der Waals surface area contributed by atoms with E-state index in [2.05, 4.69) is 0 Å². The smallest absolute Gasteiger partial charge is 0.126 e. The van der Waals surface area contributed by atoms with Crippen LogP contribution >= 0.6 is 11.6 Å². The van der Waals surface area contributed by atoms with Crippen LogP contribution in [-0.2, 0) is 6.42 Å². The minimum absolute atomic E-state index is 0.177. The van der Waals surface area contributed by atoms with Crippen molar-refractivity contribution in [1.82, 2.24) is 0 Å². The zero-order chi connectivity index (χ0) is 13.1. The fourth-order valence-corrected chi connectivity index (χ4v) is 2.13. The summed E-state index contributed by atoms with van der Waals surface area (Å²) in [5.74, 6) is -0.205. The third kappa shape index (κ3) is 2.89. The first-order valence-corrected chi connectivity index (χ1v) is 6.21. The van der Waals surface area contributed by atoms with E-state index < -0.39 is 0 Å². The molecule has 2 N–H and O–H groups in total. The molecule has 2 aromatic carbocycles. The molecule has 3 heteroatoms. The van der Waals surface area contributed by atoms with Crippen molar-refractivity contribution in [1.29, 1.82) is 0 Å². The Labute approximate surface area is 111 Å². The van der Waals surface area contributed by atoms with Gasteiger partial charge in [-0.05, 0) is 42.2 Å². The lowest BCUT2D eigenvalue weighted by molar-refractivity contribution is 0.615. The van der Waals surface area contributed by atoms with E-state index >= 15 is 0 Å². The Balaban J connectivity index is 2.19. The predicted molar refractivity (Wildman–Crippen MR) is 73.2 cm³/mol. The van der Waals surface area contributed by atoms with Crippen LogP contribution in [0.4, 0.5) is 4.39 Å². The number of benzene rings is 2. The van der Waals surface area contributed by atoms with Gasteiger partial charge in [0.25, 0.3) is 0 Å². The second-order valence-corrected chi connectivity index (χ2v) is 4.82. The Morgan fingerprint density at radius 2 is 1.94 bits per heavy atom. The lowest BCUT2D eigenvalue weighted by Crippen LogP contribution is -2.14. The molecule has 0 aliphatic rings. The van der Waals surface area contributed by atoms with E-state index in [0.717, 1.165) is 11.1 Å². The fourth-order valence-electron chi connectivity index (χ4n) is 1.92. The molecule has 0 saturated carbocycles. The van der Waals surface area contributed by atoms with Crippen molar-refractivity contribution in [3.05, 3.63) is 70.0 Å². The van der Waals surface area contributed by atoms with Crippen LogP contribution in [0.25, 0.3) is 0 Å². The molecule has 0 aromatic heterocycles. The topological polar surface area (TPSA) is 26.0 Å². The number of hydrogen-bond donors (Lipinski definition) is 1. The van der Waals surface area contributed by atoms with Gasteiger partial charge in [0.2, 0.25) is 0 Å². The van der Waals surface area contributed by atoms with Crippen LogP contribution in [0.2, 0.25) is 5.02 Å². The van der Waals surface area contributed by atoms with Gasteiger partial charge in [-0.1, -0.05) is 41.9 Å². The summed E-state index contributed by atoms with van der Waals surface area (Å²) < 4.78 is 13.2. The van der Waals surface area contributed by atoms with Gasteiger partial charge in [-0.15, -0.1) is 0 Å². The van der Waals surface area contributed by atoms with Gasteiger partial charge in [-0.25, -0.2) is 4.39 Å². The molecule has 0 fully saturated rings. The van der Waals surface area contributed by atoms with Crippen molar-refractivity contribution in [2.45, 2.75) is 19.4 Å². The van der Waals surface area contributed by atoms with Crippen molar-refractivity contribution in [3.8, 4) is 0 Å². The molecular weight excluding hydrogens is 249 g/mol. The number of aryl methyl sites for hydroxylation is 1. The second kappa shape index (κ2) is 5.51. The first kappa shape index (κ1) is 13.1. The molecule has 0 radical (unpaired) electrons. The van der Waals surface area contributed by atoms with Crippen LogP contribution in [0.1, 0.15) is 22.7 Å². The summed E-state index contributed by atoms with van der Waals surface area (Å²) in [5.41, 5.74) is 8.68. The second-order valence-electron chi connectivity index (χ2n) is 4.41. The molecule has 0 aliphatic heterocycles. The first-order valence-electron chi connectivity index (χ1n) is 5.83. The van der Waals surface area contributed by atoms with Crippen molar-refractivity contribution in [3.63, 3.8) is 0 Å². The van der Waals surface area contributed by atoms with Crippen LogP contribution in [0.15, 0.2) is 42.5 Å². The molecule has 0 amide bonds. The summed E-state index contributed by atoms with van der Waals surface area (Å²) in [5, 5.41) is 0.715. The molecule has 0 saturated heterocycles. The maximum Gasteiger partial charge on any atom is 0.126 e. The lowest BCUT2D eigenvalue weighted by Gasteiger charge is -2.14. The third-order valence-electron chi connectivity index (χ3n) is 3.01. The van der Waals surface area contributed by atoms with E-state index in [1.54, 1.807) is 19.1 Å². The number of hydrogen-bond acceptors (Lipinski definition) is 1. The minimum atomic E-state index is -0.205. The van der Waals surface area contributed by atoms with Crippen LogP contribution in [0.3, 0.4) is 0 Å². The van der Waals surface area contributed by atoms with Crippen molar-refractivity contribution in [2.75, 3.05) is 0 Å². The molecule has 2 aromatic rings. The Morgan fingerprint density at radius 1 is 1.22 bits per heavy atom. The highest BCUT2D eigenvalue weighted by Crippen LogP contribution is 2.23. The number of nitrogens with two attached hydrogens (primary N) is 1. The van der Waals surface area contributed by atoms with Gasteiger partial charge in [0.05, 0.1) is 0 Å². The molecule has 1 nitrogen and oxygen atoms in total. The van der Waals surface area contributed by atoms with E-state index in [0.29, 0.717) is 17.0 Å². The zero-order valence-electron chi connectivity index (χ0n) is 10.2. The van der Waals surface area contributed by atoms with Crippen molar-refractivity contribution >= 4 is 11.6 Å². The standard InChI is InChI=1S/C15H15ClFN/c1-10-8-12(6-7-14(10)17)15(18)9-11-4-2-3-5-13(11)16/h2-8,15H,9,18H2,1H3. The Bertz CT molecular complexity index is 554. The van der Waals surface area contributed by atoms with Gasteiger partial charge in [-0.2, -0.15) is 0 Å². The van der Waals surface area contributed by atoms with E-state index in [9.17, 15) is 4.39 Å². The summed E-state index contributed by atoms with van der Waals surface area (Å²) in [6.45, 7) is 1.74. The Morgan fingerprint density at radius 3 is 2.61 bits per heavy atom. The fraction of sp³-hybridized carbons (Fsp3) is 0.200.